The molecule has 102 valence electrons. The van der Waals surface area contributed by atoms with Crippen molar-refractivity contribution >= 4 is 11.6 Å². The molecule has 0 aliphatic rings. The van der Waals surface area contributed by atoms with Crippen LogP contribution in [0.25, 0.3) is 0 Å². The van der Waals surface area contributed by atoms with Crippen molar-refractivity contribution in [2.45, 2.75) is 46.5 Å². The Balaban J connectivity index is 3.18. The summed E-state index contributed by atoms with van der Waals surface area (Å²) in [7, 11) is 1.92. The van der Waals surface area contributed by atoms with Gasteiger partial charge in [-0.2, -0.15) is 0 Å². The van der Waals surface area contributed by atoms with Crippen molar-refractivity contribution in [3.8, 4) is 0 Å². The first-order valence-electron chi connectivity index (χ1n) is 6.93. The first kappa shape index (κ1) is 14.7. The van der Waals surface area contributed by atoms with Crippen molar-refractivity contribution in [2.75, 3.05) is 30.4 Å². The molecule has 0 aromatic carbocycles. The van der Waals surface area contributed by atoms with Crippen molar-refractivity contribution in [3.05, 3.63) is 11.9 Å². The Labute approximate surface area is 111 Å². The van der Waals surface area contributed by atoms with E-state index in [0.29, 0.717) is 5.92 Å². The van der Waals surface area contributed by atoms with E-state index >= 15 is 0 Å². The van der Waals surface area contributed by atoms with Crippen LogP contribution < -0.4 is 10.2 Å². The molecule has 4 nitrogen and oxygen atoms in total. The lowest BCUT2D eigenvalue weighted by molar-refractivity contribution is 0.717. The molecule has 4 heteroatoms. The Morgan fingerprint density at radius 3 is 2.22 bits per heavy atom. The SMILES string of the molecule is CCCN(CCC)c1ncnc(NC)c1C(C)C. The molecular weight excluding hydrogens is 224 g/mol. The number of hydrogen-bond donors (Lipinski definition) is 1. The van der Waals surface area contributed by atoms with Crippen LogP contribution in [0.5, 0.6) is 0 Å². The van der Waals surface area contributed by atoms with E-state index in [1.807, 2.05) is 7.05 Å². The number of hydrogen-bond acceptors (Lipinski definition) is 4. The molecule has 1 heterocycles. The van der Waals surface area contributed by atoms with Gasteiger partial charge in [0.1, 0.15) is 18.0 Å². The Kier molecular flexibility index (Phi) is 5.89. The summed E-state index contributed by atoms with van der Waals surface area (Å²) in [5.41, 5.74) is 1.22. The summed E-state index contributed by atoms with van der Waals surface area (Å²) in [6.45, 7) is 10.9. The fraction of sp³-hybridized carbons (Fsp3) is 0.714. The second-order valence-electron chi connectivity index (χ2n) is 4.85. The first-order chi connectivity index (χ1) is 8.65. The average Bonchev–Trinajstić information content (AvgIpc) is 2.37. The molecule has 0 fully saturated rings. The molecule has 0 atom stereocenters. The Bertz CT molecular complexity index is 357. The van der Waals surface area contributed by atoms with Crippen LogP contribution in [0.1, 0.15) is 52.0 Å². The van der Waals surface area contributed by atoms with Gasteiger partial charge in [0, 0.05) is 25.7 Å². The van der Waals surface area contributed by atoms with Crippen molar-refractivity contribution in [2.24, 2.45) is 0 Å². The van der Waals surface area contributed by atoms with E-state index < -0.39 is 0 Å². The zero-order valence-electron chi connectivity index (χ0n) is 12.3. The first-order valence-corrected chi connectivity index (χ1v) is 6.93. The number of nitrogens with zero attached hydrogens (tertiary/aromatic N) is 3. The fourth-order valence-corrected chi connectivity index (χ4v) is 2.23. The molecule has 0 saturated heterocycles. The van der Waals surface area contributed by atoms with Gasteiger partial charge in [0.25, 0.3) is 0 Å². The molecule has 0 unspecified atom stereocenters. The van der Waals surface area contributed by atoms with Crippen LogP contribution in [-0.4, -0.2) is 30.1 Å². The molecule has 1 aromatic heterocycles. The number of rotatable bonds is 7. The molecule has 0 radical (unpaired) electrons. The third-order valence-electron chi connectivity index (χ3n) is 2.96. The minimum absolute atomic E-state index is 0.417. The highest BCUT2D eigenvalue weighted by Gasteiger charge is 2.18. The largest absolute Gasteiger partial charge is 0.373 e. The van der Waals surface area contributed by atoms with E-state index in [1.54, 1.807) is 6.33 Å². The highest BCUT2D eigenvalue weighted by molar-refractivity contribution is 5.60. The second kappa shape index (κ2) is 7.19. The van der Waals surface area contributed by atoms with E-state index in [2.05, 4.69) is 47.9 Å². The van der Waals surface area contributed by atoms with Gasteiger partial charge in [0.05, 0.1) is 0 Å². The summed E-state index contributed by atoms with van der Waals surface area (Å²) in [5, 5.41) is 3.18. The monoisotopic (exact) mass is 250 g/mol. The van der Waals surface area contributed by atoms with Gasteiger partial charge in [-0.1, -0.05) is 27.7 Å². The predicted molar refractivity (Wildman–Crippen MR) is 78.5 cm³/mol. The molecule has 0 spiro atoms. The second-order valence-corrected chi connectivity index (χ2v) is 4.85. The van der Waals surface area contributed by atoms with Gasteiger partial charge in [0.15, 0.2) is 0 Å². The van der Waals surface area contributed by atoms with E-state index in [4.69, 9.17) is 0 Å². The lowest BCUT2D eigenvalue weighted by atomic mass is 10.0. The third-order valence-corrected chi connectivity index (χ3v) is 2.96. The van der Waals surface area contributed by atoms with E-state index in [9.17, 15) is 0 Å². The highest BCUT2D eigenvalue weighted by atomic mass is 15.2. The van der Waals surface area contributed by atoms with Crippen LogP contribution in [-0.2, 0) is 0 Å². The van der Waals surface area contributed by atoms with Gasteiger partial charge >= 0.3 is 0 Å². The zero-order chi connectivity index (χ0) is 13.5. The summed E-state index contributed by atoms with van der Waals surface area (Å²) in [4.78, 5) is 11.2. The van der Waals surface area contributed by atoms with Gasteiger partial charge in [-0.05, 0) is 18.8 Å². The minimum Gasteiger partial charge on any atom is -0.373 e. The summed E-state index contributed by atoms with van der Waals surface area (Å²) in [6.07, 6.45) is 3.93. The number of anilines is 2. The lowest BCUT2D eigenvalue weighted by Gasteiger charge is -2.27. The van der Waals surface area contributed by atoms with Crippen molar-refractivity contribution in [1.29, 1.82) is 0 Å². The maximum Gasteiger partial charge on any atom is 0.137 e. The van der Waals surface area contributed by atoms with Crippen LogP contribution in [0.4, 0.5) is 11.6 Å². The average molecular weight is 250 g/mol. The molecule has 1 N–H and O–H groups in total. The molecular formula is C14H26N4. The zero-order valence-corrected chi connectivity index (χ0v) is 12.3. The third kappa shape index (κ3) is 3.34. The molecule has 1 rings (SSSR count). The summed E-state index contributed by atoms with van der Waals surface area (Å²) < 4.78 is 0. The maximum atomic E-state index is 4.52. The van der Waals surface area contributed by atoms with Crippen LogP contribution in [0.2, 0.25) is 0 Å². The number of aromatic nitrogens is 2. The molecule has 0 saturated carbocycles. The van der Waals surface area contributed by atoms with E-state index in [0.717, 1.165) is 37.6 Å². The van der Waals surface area contributed by atoms with Gasteiger partial charge < -0.3 is 10.2 Å². The van der Waals surface area contributed by atoms with Crippen LogP contribution >= 0.6 is 0 Å². The van der Waals surface area contributed by atoms with Crippen LogP contribution in [0.15, 0.2) is 6.33 Å². The number of nitrogens with one attached hydrogen (secondary N) is 1. The van der Waals surface area contributed by atoms with E-state index in [1.165, 1.54) is 5.56 Å². The fourth-order valence-electron chi connectivity index (χ4n) is 2.23. The highest BCUT2D eigenvalue weighted by Crippen LogP contribution is 2.30. The summed E-state index contributed by atoms with van der Waals surface area (Å²) >= 11 is 0. The topological polar surface area (TPSA) is 41.1 Å². The van der Waals surface area contributed by atoms with Crippen molar-refractivity contribution in [3.63, 3.8) is 0 Å². The lowest BCUT2D eigenvalue weighted by Crippen LogP contribution is -2.27. The Morgan fingerprint density at radius 2 is 1.78 bits per heavy atom. The maximum absolute atomic E-state index is 4.52. The van der Waals surface area contributed by atoms with Gasteiger partial charge in [0.2, 0.25) is 0 Å². The Hall–Kier alpha value is -1.32. The Morgan fingerprint density at radius 1 is 1.17 bits per heavy atom. The molecule has 0 amide bonds. The standard InChI is InChI=1S/C14H26N4/c1-6-8-18(9-7-2)14-12(11(3)4)13(15-5)16-10-17-14/h10-11H,6-9H2,1-5H3,(H,15,16,17). The van der Waals surface area contributed by atoms with Gasteiger partial charge in [-0.3, -0.25) is 0 Å². The quantitative estimate of drug-likeness (QED) is 0.806. The van der Waals surface area contributed by atoms with Gasteiger partial charge in [-0.15, -0.1) is 0 Å². The molecule has 0 bridgehead atoms. The summed E-state index contributed by atoms with van der Waals surface area (Å²) in [5.74, 6) is 2.46. The normalized spacial score (nSPS) is 10.8. The van der Waals surface area contributed by atoms with Crippen LogP contribution in [0.3, 0.4) is 0 Å². The van der Waals surface area contributed by atoms with E-state index in [-0.39, 0.29) is 0 Å². The van der Waals surface area contributed by atoms with Gasteiger partial charge in [-0.25, -0.2) is 9.97 Å². The van der Waals surface area contributed by atoms with Crippen molar-refractivity contribution < 1.29 is 0 Å². The summed E-state index contributed by atoms with van der Waals surface area (Å²) in [6, 6.07) is 0. The van der Waals surface area contributed by atoms with Crippen molar-refractivity contribution in [1.82, 2.24) is 9.97 Å². The molecule has 0 aliphatic heterocycles. The molecule has 18 heavy (non-hydrogen) atoms. The van der Waals surface area contributed by atoms with Crippen LogP contribution in [0, 0.1) is 0 Å². The smallest absolute Gasteiger partial charge is 0.137 e. The minimum atomic E-state index is 0.417. The molecule has 1 aromatic rings. The predicted octanol–water partition coefficient (Wildman–Crippen LogP) is 3.27. The molecule has 0 aliphatic carbocycles.